The van der Waals surface area contributed by atoms with Gasteiger partial charge in [-0.25, -0.2) is 0 Å². The number of nitrogens with one attached hydrogen (secondary N) is 2. The Morgan fingerprint density at radius 1 is 1.12 bits per heavy atom. The zero-order valence-electron chi connectivity index (χ0n) is 18.1. The number of hydrogen-bond donors (Lipinski definition) is 2. The molecule has 0 saturated heterocycles. The molecule has 12 heteroatoms. The number of hydrogen-bond acceptors (Lipinski definition) is 6. The highest BCUT2D eigenvalue weighted by molar-refractivity contribution is 7.99. The fraction of sp³-hybridized carbons (Fsp3) is 0.273. The number of halogens is 3. The summed E-state index contributed by atoms with van der Waals surface area (Å²) < 4.78 is 42.7. The van der Waals surface area contributed by atoms with Crippen molar-refractivity contribution in [3.63, 3.8) is 0 Å². The fourth-order valence-electron chi connectivity index (χ4n) is 2.79. The van der Waals surface area contributed by atoms with Crippen molar-refractivity contribution < 1.29 is 27.5 Å². The molecule has 0 saturated carbocycles. The Hall–Kier alpha value is -3.38. The summed E-state index contributed by atoms with van der Waals surface area (Å²) >= 11 is 1.24. The second-order valence-corrected chi connectivity index (χ2v) is 8.19. The lowest BCUT2D eigenvalue weighted by Gasteiger charge is -2.10. The lowest BCUT2D eigenvalue weighted by Crippen LogP contribution is -2.23. The Morgan fingerprint density at radius 2 is 1.85 bits per heavy atom. The molecular formula is C22H22F3N5O3S. The smallest absolute Gasteiger partial charge is 0.367 e. The molecule has 2 amide bonds. The number of aryl methyl sites for hydroxylation is 1. The van der Waals surface area contributed by atoms with E-state index in [1.54, 1.807) is 66.5 Å². The average Bonchev–Trinajstić information content (AvgIpc) is 3.21. The summed E-state index contributed by atoms with van der Waals surface area (Å²) in [6.45, 7) is -1.22. The quantitative estimate of drug-likeness (QED) is 0.419. The molecule has 34 heavy (non-hydrogen) atoms. The van der Waals surface area contributed by atoms with Crippen LogP contribution in [0.3, 0.4) is 0 Å². The van der Waals surface area contributed by atoms with E-state index in [-0.39, 0.29) is 30.7 Å². The molecule has 0 aliphatic heterocycles. The van der Waals surface area contributed by atoms with Crippen LogP contribution < -0.4 is 10.6 Å². The molecule has 180 valence electrons. The molecule has 2 N–H and O–H groups in total. The number of carbonyl (C=O) groups excluding carboxylic acids is 2. The Bertz CT molecular complexity index is 1120. The minimum Gasteiger partial charge on any atom is -0.367 e. The number of rotatable bonds is 10. The molecule has 2 aromatic carbocycles. The summed E-state index contributed by atoms with van der Waals surface area (Å²) in [5.41, 5.74) is 2.23. The molecule has 0 aliphatic rings. The minimum atomic E-state index is -4.36. The van der Waals surface area contributed by atoms with Gasteiger partial charge in [0.15, 0.2) is 5.16 Å². The van der Waals surface area contributed by atoms with Crippen LogP contribution >= 0.6 is 11.8 Å². The van der Waals surface area contributed by atoms with Crippen LogP contribution in [0.15, 0.2) is 60.0 Å². The third kappa shape index (κ3) is 8.19. The van der Waals surface area contributed by atoms with E-state index < -0.39 is 12.8 Å². The predicted octanol–water partition coefficient (Wildman–Crippen LogP) is 3.55. The van der Waals surface area contributed by atoms with E-state index in [2.05, 4.69) is 25.6 Å². The first-order valence-electron chi connectivity index (χ1n) is 10.1. The van der Waals surface area contributed by atoms with Gasteiger partial charge in [-0.1, -0.05) is 42.1 Å². The van der Waals surface area contributed by atoms with Gasteiger partial charge in [-0.3, -0.25) is 9.59 Å². The van der Waals surface area contributed by atoms with Gasteiger partial charge in [0.1, 0.15) is 12.9 Å². The van der Waals surface area contributed by atoms with E-state index in [1.165, 1.54) is 11.8 Å². The second kappa shape index (κ2) is 11.7. The van der Waals surface area contributed by atoms with E-state index >= 15 is 0 Å². The molecule has 3 rings (SSSR count). The number of alkyl halides is 3. The molecule has 0 atom stereocenters. The van der Waals surface area contributed by atoms with Crippen LogP contribution in [-0.4, -0.2) is 45.1 Å². The number of ether oxygens (including phenoxy) is 1. The summed E-state index contributed by atoms with van der Waals surface area (Å²) in [4.78, 5) is 24.7. The van der Waals surface area contributed by atoms with Crippen LogP contribution in [-0.2, 0) is 29.7 Å². The summed E-state index contributed by atoms with van der Waals surface area (Å²) in [6.07, 6.45) is -2.82. The lowest BCUT2D eigenvalue weighted by molar-refractivity contribution is -0.176. The summed E-state index contributed by atoms with van der Waals surface area (Å²) in [7, 11) is 1.78. The molecular weight excluding hydrogens is 471 g/mol. The van der Waals surface area contributed by atoms with Gasteiger partial charge in [-0.15, -0.1) is 10.2 Å². The highest BCUT2D eigenvalue weighted by Crippen LogP contribution is 2.17. The van der Waals surface area contributed by atoms with E-state index in [9.17, 15) is 22.8 Å². The molecule has 0 bridgehead atoms. The predicted molar refractivity (Wildman–Crippen MR) is 120 cm³/mol. The van der Waals surface area contributed by atoms with E-state index in [1.807, 2.05) is 0 Å². The largest absolute Gasteiger partial charge is 0.411 e. The van der Waals surface area contributed by atoms with Gasteiger partial charge in [0.25, 0.3) is 5.91 Å². The Labute approximate surface area is 197 Å². The monoisotopic (exact) mass is 493 g/mol. The first kappa shape index (κ1) is 25.2. The molecule has 0 unspecified atom stereocenters. The van der Waals surface area contributed by atoms with Crippen molar-refractivity contribution in [3.8, 4) is 0 Å². The van der Waals surface area contributed by atoms with Crippen LogP contribution in [0.1, 0.15) is 21.5 Å². The Balaban J connectivity index is 1.46. The normalized spacial score (nSPS) is 11.3. The van der Waals surface area contributed by atoms with Gasteiger partial charge in [-0.2, -0.15) is 13.2 Å². The second-order valence-electron chi connectivity index (χ2n) is 7.25. The standard InChI is InChI=1S/C22H22F3N5O3S/c1-30-14-27-29-21(30)34-12-19(31)28-18-4-2-3-17(9-18)20(32)26-10-15-5-7-16(8-6-15)11-33-13-22(23,24)25/h2-9,14H,10-13H2,1H3,(H,26,32)(H,28,31). The van der Waals surface area contributed by atoms with Crippen LogP contribution in [0.4, 0.5) is 18.9 Å². The van der Waals surface area contributed by atoms with Crippen molar-refractivity contribution in [1.82, 2.24) is 20.1 Å². The molecule has 1 heterocycles. The fourth-order valence-corrected chi connectivity index (χ4v) is 3.48. The Kier molecular flexibility index (Phi) is 8.66. The number of benzene rings is 2. The van der Waals surface area contributed by atoms with Crippen molar-refractivity contribution in [2.75, 3.05) is 17.7 Å². The third-order valence-corrected chi connectivity index (χ3v) is 5.46. The molecule has 0 fully saturated rings. The van der Waals surface area contributed by atoms with Gasteiger partial charge < -0.3 is 19.9 Å². The van der Waals surface area contributed by atoms with E-state index in [0.29, 0.717) is 22.0 Å². The maximum Gasteiger partial charge on any atom is 0.411 e. The topological polar surface area (TPSA) is 98.1 Å². The zero-order chi connectivity index (χ0) is 24.6. The van der Waals surface area contributed by atoms with Crippen LogP contribution in [0.25, 0.3) is 0 Å². The lowest BCUT2D eigenvalue weighted by atomic mass is 10.1. The number of thioether (sulfide) groups is 1. The van der Waals surface area contributed by atoms with E-state index in [4.69, 9.17) is 0 Å². The van der Waals surface area contributed by atoms with Crippen molar-refractivity contribution in [3.05, 3.63) is 71.5 Å². The summed E-state index contributed by atoms with van der Waals surface area (Å²) in [6, 6.07) is 13.2. The summed E-state index contributed by atoms with van der Waals surface area (Å²) in [5, 5.41) is 13.8. The van der Waals surface area contributed by atoms with Gasteiger partial charge in [0.2, 0.25) is 5.91 Å². The van der Waals surface area contributed by atoms with Crippen LogP contribution in [0.5, 0.6) is 0 Å². The highest BCUT2D eigenvalue weighted by Gasteiger charge is 2.27. The van der Waals surface area contributed by atoms with Crippen LogP contribution in [0, 0.1) is 0 Å². The van der Waals surface area contributed by atoms with Crippen LogP contribution in [0.2, 0.25) is 0 Å². The number of carbonyl (C=O) groups is 2. The first-order chi connectivity index (χ1) is 16.2. The van der Waals surface area contributed by atoms with Gasteiger partial charge in [0.05, 0.1) is 12.4 Å². The SMILES string of the molecule is Cn1cnnc1SCC(=O)Nc1cccc(C(=O)NCc2ccc(COCC(F)(F)F)cc2)c1. The maximum absolute atomic E-state index is 12.5. The minimum absolute atomic E-state index is 0.139. The molecule has 0 spiro atoms. The number of anilines is 1. The first-order valence-corrected chi connectivity index (χ1v) is 11.1. The zero-order valence-corrected chi connectivity index (χ0v) is 18.9. The number of nitrogens with zero attached hydrogens (tertiary/aromatic N) is 3. The number of aromatic nitrogens is 3. The maximum atomic E-state index is 12.5. The number of amides is 2. The Morgan fingerprint density at radius 3 is 2.53 bits per heavy atom. The van der Waals surface area contributed by atoms with Crippen molar-refractivity contribution in [2.24, 2.45) is 7.05 Å². The molecule has 3 aromatic rings. The van der Waals surface area contributed by atoms with Crippen molar-refractivity contribution in [2.45, 2.75) is 24.5 Å². The molecule has 0 aliphatic carbocycles. The molecule has 0 radical (unpaired) electrons. The van der Waals surface area contributed by atoms with Gasteiger partial charge >= 0.3 is 6.18 Å². The molecule has 1 aromatic heterocycles. The highest BCUT2D eigenvalue weighted by atomic mass is 32.2. The third-order valence-electron chi connectivity index (χ3n) is 4.42. The van der Waals surface area contributed by atoms with Crippen molar-refractivity contribution in [1.29, 1.82) is 0 Å². The average molecular weight is 494 g/mol. The van der Waals surface area contributed by atoms with Gasteiger partial charge in [-0.05, 0) is 29.3 Å². The summed E-state index contributed by atoms with van der Waals surface area (Å²) in [5.74, 6) is -0.438. The molecule has 8 nitrogen and oxygen atoms in total. The van der Waals surface area contributed by atoms with Crippen molar-refractivity contribution >= 4 is 29.3 Å². The van der Waals surface area contributed by atoms with E-state index in [0.717, 1.165) is 5.56 Å². The van der Waals surface area contributed by atoms with Gasteiger partial charge in [0, 0.05) is 24.8 Å².